The Balaban J connectivity index is 1.81. The van der Waals surface area contributed by atoms with Crippen molar-refractivity contribution in [2.75, 3.05) is 10.2 Å². The van der Waals surface area contributed by atoms with Gasteiger partial charge in [-0.05, 0) is 11.5 Å². The Morgan fingerprint density at radius 2 is 1.96 bits per heavy atom. The third-order valence-corrected chi connectivity index (χ3v) is 5.15. The van der Waals surface area contributed by atoms with E-state index < -0.39 is 5.54 Å². The van der Waals surface area contributed by atoms with E-state index in [1.807, 2.05) is 60.7 Å². The summed E-state index contributed by atoms with van der Waals surface area (Å²) in [5.74, 6) is -0.296. The van der Waals surface area contributed by atoms with Gasteiger partial charge in [-0.25, -0.2) is 0 Å². The minimum absolute atomic E-state index is 0.264. The Kier molecular flexibility index (Phi) is 3.58. The number of nitrogens with zero attached hydrogens (tertiary/aromatic N) is 4. The molecule has 0 saturated heterocycles. The topological polar surface area (TPSA) is 104 Å². The number of benzene rings is 2. The molecule has 1 atom stereocenters. The van der Waals surface area contributed by atoms with E-state index in [4.69, 9.17) is 0 Å². The first-order valence-corrected chi connectivity index (χ1v) is 8.92. The quantitative estimate of drug-likeness (QED) is 0.673. The summed E-state index contributed by atoms with van der Waals surface area (Å²) in [4.78, 5) is 27.3. The molecule has 28 heavy (non-hydrogen) atoms. The molecule has 138 valence electrons. The number of anilines is 2. The average Bonchev–Trinajstić information content (AvgIpc) is 3.21. The molecule has 0 spiro atoms. The second kappa shape index (κ2) is 6.12. The molecule has 2 aromatic carbocycles. The van der Waals surface area contributed by atoms with Gasteiger partial charge in [-0.3, -0.25) is 14.5 Å². The van der Waals surface area contributed by atoms with Crippen molar-refractivity contribution < 1.29 is 9.59 Å². The van der Waals surface area contributed by atoms with Crippen LogP contribution in [0.5, 0.6) is 0 Å². The Labute approximate surface area is 159 Å². The second-order valence-electron chi connectivity index (χ2n) is 6.79. The third-order valence-electron chi connectivity index (χ3n) is 5.15. The molecule has 0 saturated carbocycles. The van der Waals surface area contributed by atoms with E-state index in [1.54, 1.807) is 4.90 Å². The molecule has 2 N–H and O–H groups in total. The number of rotatable bonds is 2. The molecule has 2 aliphatic rings. The molecule has 0 radical (unpaired) electrons. The lowest BCUT2D eigenvalue weighted by molar-refractivity contribution is -0.125. The molecule has 0 bridgehead atoms. The van der Waals surface area contributed by atoms with Crippen LogP contribution < -0.4 is 10.2 Å². The zero-order chi connectivity index (χ0) is 19.1. The highest BCUT2D eigenvalue weighted by atomic mass is 16.2. The van der Waals surface area contributed by atoms with Crippen LogP contribution in [-0.4, -0.2) is 32.4 Å². The van der Waals surface area contributed by atoms with E-state index in [9.17, 15) is 9.59 Å². The van der Waals surface area contributed by atoms with Crippen molar-refractivity contribution in [1.82, 2.24) is 20.6 Å². The van der Waals surface area contributed by atoms with Gasteiger partial charge in [0.1, 0.15) is 12.0 Å². The van der Waals surface area contributed by atoms with Crippen LogP contribution >= 0.6 is 0 Å². The fourth-order valence-electron chi connectivity index (χ4n) is 3.94. The van der Waals surface area contributed by atoms with Crippen LogP contribution in [-0.2, 0) is 15.1 Å². The first-order chi connectivity index (χ1) is 13.7. The molecule has 5 rings (SSSR count). The first kappa shape index (κ1) is 16.4. The highest BCUT2D eigenvalue weighted by Gasteiger charge is 2.46. The van der Waals surface area contributed by atoms with Crippen molar-refractivity contribution in [3.8, 4) is 0 Å². The number of hydrogen-bond donors (Lipinski definition) is 2. The van der Waals surface area contributed by atoms with Gasteiger partial charge in [0.25, 0.3) is 0 Å². The number of hydrogen-bond acceptors (Lipinski definition) is 5. The maximum absolute atomic E-state index is 13.2. The molecule has 2 amide bonds. The van der Waals surface area contributed by atoms with Gasteiger partial charge >= 0.3 is 0 Å². The SMILES string of the molecule is O=C1CC(=O)N(C2(c3nn[nH]n3)C=CC=CC2)c2ccc3ccccc3c2N1. The summed E-state index contributed by atoms with van der Waals surface area (Å²) in [6.45, 7) is 0. The molecule has 8 heteroatoms. The van der Waals surface area contributed by atoms with Crippen LogP contribution in [0.25, 0.3) is 10.8 Å². The number of H-pyrrole nitrogens is 1. The number of carbonyl (C=O) groups is 2. The van der Waals surface area contributed by atoms with Crippen LogP contribution in [0.4, 0.5) is 11.4 Å². The number of carbonyl (C=O) groups excluding carboxylic acids is 2. The molecular weight excluding hydrogens is 356 g/mol. The number of aromatic nitrogens is 4. The number of tetrazole rings is 1. The van der Waals surface area contributed by atoms with Crippen LogP contribution in [0.1, 0.15) is 18.7 Å². The lowest BCUT2D eigenvalue weighted by atomic mass is 9.87. The molecule has 8 nitrogen and oxygen atoms in total. The van der Waals surface area contributed by atoms with Crippen molar-refractivity contribution in [3.63, 3.8) is 0 Å². The fraction of sp³-hybridized carbons (Fsp3) is 0.150. The van der Waals surface area contributed by atoms with Gasteiger partial charge in [0.05, 0.1) is 11.4 Å². The summed E-state index contributed by atoms with van der Waals surface area (Å²) < 4.78 is 0. The monoisotopic (exact) mass is 372 g/mol. The smallest absolute Gasteiger partial charge is 0.237 e. The Morgan fingerprint density at radius 3 is 2.75 bits per heavy atom. The summed E-state index contributed by atoms with van der Waals surface area (Å²) in [6, 6.07) is 11.5. The van der Waals surface area contributed by atoms with Crippen molar-refractivity contribution in [2.24, 2.45) is 0 Å². The van der Waals surface area contributed by atoms with Gasteiger partial charge in [0, 0.05) is 11.8 Å². The number of allylic oxidation sites excluding steroid dienone is 2. The molecule has 3 aromatic rings. The summed E-state index contributed by atoms with van der Waals surface area (Å²) in [5, 5.41) is 19.3. The van der Waals surface area contributed by atoms with Crippen LogP contribution in [0, 0.1) is 0 Å². The van der Waals surface area contributed by atoms with Crippen LogP contribution in [0.3, 0.4) is 0 Å². The normalized spacial score (nSPS) is 21.5. The van der Waals surface area contributed by atoms with E-state index in [1.165, 1.54) is 0 Å². The van der Waals surface area contributed by atoms with E-state index >= 15 is 0 Å². The summed E-state index contributed by atoms with van der Waals surface area (Å²) in [5.41, 5.74) is 0.251. The van der Waals surface area contributed by atoms with Crippen LogP contribution in [0.15, 0.2) is 60.7 Å². The number of amides is 2. The van der Waals surface area contributed by atoms with Gasteiger partial charge in [0.15, 0.2) is 0 Å². The Morgan fingerprint density at radius 1 is 1.07 bits per heavy atom. The standard InChI is InChI=1S/C20H16N6O2/c27-16-12-17(28)26(20(10-4-1-5-11-20)19-22-24-25-23-19)15-9-8-13-6-2-3-7-14(13)18(15)21-16/h1-10H,11-12H2,(H,21,27)(H,22,23,24,25). The molecular formula is C20H16N6O2. The maximum atomic E-state index is 13.2. The van der Waals surface area contributed by atoms with E-state index in [0.717, 1.165) is 10.8 Å². The van der Waals surface area contributed by atoms with Crippen molar-refractivity contribution in [3.05, 3.63) is 66.5 Å². The highest BCUT2D eigenvalue weighted by molar-refractivity contribution is 6.19. The molecule has 1 aromatic heterocycles. The maximum Gasteiger partial charge on any atom is 0.237 e. The number of fused-ring (bicyclic) bond motifs is 3. The predicted molar refractivity (Wildman–Crippen MR) is 103 cm³/mol. The van der Waals surface area contributed by atoms with E-state index in [0.29, 0.717) is 23.6 Å². The Bertz CT molecular complexity index is 1150. The first-order valence-electron chi connectivity index (χ1n) is 8.92. The zero-order valence-electron chi connectivity index (χ0n) is 14.8. The van der Waals surface area contributed by atoms with Crippen LogP contribution in [0.2, 0.25) is 0 Å². The fourth-order valence-corrected chi connectivity index (χ4v) is 3.94. The van der Waals surface area contributed by atoms with E-state index in [-0.39, 0.29) is 18.2 Å². The van der Waals surface area contributed by atoms with Crippen molar-refractivity contribution in [2.45, 2.75) is 18.4 Å². The molecule has 0 fully saturated rings. The summed E-state index contributed by atoms with van der Waals surface area (Å²) in [7, 11) is 0. The largest absolute Gasteiger partial charge is 0.323 e. The van der Waals surface area contributed by atoms with Crippen molar-refractivity contribution in [1.29, 1.82) is 0 Å². The minimum atomic E-state index is -0.970. The predicted octanol–water partition coefficient (Wildman–Crippen LogP) is 2.44. The third kappa shape index (κ3) is 2.34. The second-order valence-corrected chi connectivity index (χ2v) is 6.79. The van der Waals surface area contributed by atoms with Crippen molar-refractivity contribution >= 4 is 34.0 Å². The van der Waals surface area contributed by atoms with E-state index in [2.05, 4.69) is 25.9 Å². The molecule has 1 aliphatic heterocycles. The van der Waals surface area contributed by atoms with Gasteiger partial charge in [0.2, 0.25) is 17.6 Å². The molecule has 1 aliphatic carbocycles. The van der Waals surface area contributed by atoms with Gasteiger partial charge in [-0.15, -0.1) is 10.2 Å². The minimum Gasteiger partial charge on any atom is -0.323 e. The Hall–Kier alpha value is -3.81. The number of nitrogens with one attached hydrogen (secondary N) is 2. The van der Waals surface area contributed by atoms with Gasteiger partial charge in [-0.2, -0.15) is 5.21 Å². The van der Waals surface area contributed by atoms with Gasteiger partial charge < -0.3 is 5.32 Å². The number of aromatic amines is 1. The lowest BCUT2D eigenvalue weighted by Gasteiger charge is -2.40. The zero-order valence-corrected chi connectivity index (χ0v) is 14.8. The summed E-state index contributed by atoms with van der Waals surface area (Å²) >= 11 is 0. The average molecular weight is 372 g/mol. The molecule has 2 heterocycles. The highest BCUT2D eigenvalue weighted by Crippen LogP contribution is 2.44. The lowest BCUT2D eigenvalue weighted by Crippen LogP contribution is -2.50. The van der Waals surface area contributed by atoms with Gasteiger partial charge in [-0.1, -0.05) is 59.8 Å². The molecule has 1 unspecified atom stereocenters. The summed E-state index contributed by atoms with van der Waals surface area (Å²) in [6.07, 6.45) is 7.80.